The number of hydrogen-bond donors (Lipinski definition) is 2. The summed E-state index contributed by atoms with van der Waals surface area (Å²) in [7, 11) is 0. The Balaban J connectivity index is 2.13. The standard InChI is InChI=1S/C20H16FNO4/c1-2-17(23)16-9-15(20(25)26)14-8-12(10-22-18(14)19(16)24)7-11-3-5-13(21)6-4-11/h3-6,8-10,24H,2,7H2,1H3,(H,25,26). The van der Waals surface area contributed by atoms with Gasteiger partial charge in [-0.15, -0.1) is 0 Å². The number of Topliss-reactive ketones (excluding diaryl/α,β-unsaturated/α-hetero) is 1. The summed E-state index contributed by atoms with van der Waals surface area (Å²) in [5.41, 5.74) is 1.48. The van der Waals surface area contributed by atoms with Gasteiger partial charge < -0.3 is 10.2 Å². The van der Waals surface area contributed by atoms with E-state index in [4.69, 9.17) is 0 Å². The van der Waals surface area contributed by atoms with Crippen molar-refractivity contribution in [3.63, 3.8) is 0 Å². The van der Waals surface area contributed by atoms with Gasteiger partial charge in [-0.05, 0) is 41.8 Å². The van der Waals surface area contributed by atoms with Crippen LogP contribution in [0.5, 0.6) is 5.75 Å². The van der Waals surface area contributed by atoms with Gasteiger partial charge in [0.2, 0.25) is 0 Å². The van der Waals surface area contributed by atoms with Gasteiger partial charge in [-0.3, -0.25) is 9.78 Å². The lowest BCUT2D eigenvalue weighted by Gasteiger charge is -2.11. The van der Waals surface area contributed by atoms with E-state index in [1.54, 1.807) is 25.1 Å². The van der Waals surface area contributed by atoms with E-state index in [0.717, 1.165) is 5.56 Å². The minimum Gasteiger partial charge on any atom is -0.505 e. The second kappa shape index (κ2) is 6.92. The van der Waals surface area contributed by atoms with Gasteiger partial charge in [-0.2, -0.15) is 0 Å². The van der Waals surface area contributed by atoms with E-state index in [9.17, 15) is 24.2 Å². The maximum atomic E-state index is 13.0. The van der Waals surface area contributed by atoms with E-state index >= 15 is 0 Å². The molecule has 1 heterocycles. The summed E-state index contributed by atoms with van der Waals surface area (Å²) in [6, 6.07) is 8.78. The zero-order valence-electron chi connectivity index (χ0n) is 14.0. The van der Waals surface area contributed by atoms with Crippen LogP contribution in [-0.4, -0.2) is 26.9 Å². The normalized spacial score (nSPS) is 10.8. The van der Waals surface area contributed by atoms with E-state index in [0.29, 0.717) is 12.0 Å². The van der Waals surface area contributed by atoms with Crippen LogP contribution in [0.4, 0.5) is 4.39 Å². The first-order valence-corrected chi connectivity index (χ1v) is 8.06. The number of carbonyl (C=O) groups is 2. The Morgan fingerprint density at radius 1 is 1.08 bits per heavy atom. The lowest BCUT2D eigenvalue weighted by molar-refractivity contribution is 0.0699. The molecule has 6 heteroatoms. The number of carbonyl (C=O) groups excluding carboxylic acids is 1. The SMILES string of the molecule is CCC(=O)c1cc(C(=O)O)c2cc(Cc3ccc(F)cc3)cnc2c1O. The van der Waals surface area contributed by atoms with Crippen LogP contribution in [-0.2, 0) is 6.42 Å². The van der Waals surface area contributed by atoms with Crippen LogP contribution in [0.1, 0.15) is 45.2 Å². The number of nitrogens with zero attached hydrogens (tertiary/aromatic N) is 1. The van der Waals surface area contributed by atoms with Crippen molar-refractivity contribution >= 4 is 22.7 Å². The Labute approximate surface area is 148 Å². The highest BCUT2D eigenvalue weighted by Crippen LogP contribution is 2.32. The first-order valence-electron chi connectivity index (χ1n) is 8.06. The second-order valence-electron chi connectivity index (χ2n) is 5.95. The molecule has 132 valence electrons. The predicted molar refractivity (Wildman–Crippen MR) is 94.2 cm³/mol. The van der Waals surface area contributed by atoms with Gasteiger partial charge >= 0.3 is 5.97 Å². The first-order chi connectivity index (χ1) is 12.4. The number of ketones is 1. The van der Waals surface area contributed by atoms with Crippen molar-refractivity contribution in [2.24, 2.45) is 0 Å². The average Bonchev–Trinajstić information content (AvgIpc) is 2.63. The van der Waals surface area contributed by atoms with Crippen LogP contribution >= 0.6 is 0 Å². The van der Waals surface area contributed by atoms with Crippen molar-refractivity contribution in [2.45, 2.75) is 19.8 Å². The summed E-state index contributed by atoms with van der Waals surface area (Å²) < 4.78 is 13.0. The predicted octanol–water partition coefficient (Wildman–Crippen LogP) is 3.96. The van der Waals surface area contributed by atoms with Crippen LogP contribution in [0.25, 0.3) is 10.9 Å². The first kappa shape index (κ1) is 17.5. The quantitative estimate of drug-likeness (QED) is 0.678. The molecule has 3 rings (SSSR count). The molecule has 0 aliphatic rings. The molecule has 3 aromatic rings. The zero-order chi connectivity index (χ0) is 18.8. The molecule has 2 N–H and O–H groups in total. The molecule has 26 heavy (non-hydrogen) atoms. The van der Waals surface area contributed by atoms with Crippen LogP contribution in [0.15, 0.2) is 42.6 Å². The van der Waals surface area contributed by atoms with Gasteiger partial charge in [0.15, 0.2) is 11.5 Å². The fraction of sp³-hybridized carbons (Fsp3) is 0.150. The topological polar surface area (TPSA) is 87.5 Å². The van der Waals surface area contributed by atoms with Crippen molar-refractivity contribution < 1.29 is 24.2 Å². The number of aromatic nitrogens is 1. The molecule has 0 aliphatic heterocycles. The summed E-state index contributed by atoms with van der Waals surface area (Å²) in [5, 5.41) is 20.1. The summed E-state index contributed by atoms with van der Waals surface area (Å²) in [6.45, 7) is 1.63. The molecule has 0 fully saturated rings. The number of halogens is 1. The molecular weight excluding hydrogens is 337 g/mol. The van der Waals surface area contributed by atoms with E-state index in [-0.39, 0.29) is 45.8 Å². The Morgan fingerprint density at radius 3 is 2.38 bits per heavy atom. The monoisotopic (exact) mass is 353 g/mol. The highest BCUT2D eigenvalue weighted by atomic mass is 19.1. The van der Waals surface area contributed by atoms with Gasteiger partial charge in [0.05, 0.1) is 11.1 Å². The van der Waals surface area contributed by atoms with Gasteiger partial charge in [-0.1, -0.05) is 19.1 Å². The summed E-state index contributed by atoms with van der Waals surface area (Å²) >= 11 is 0. The van der Waals surface area contributed by atoms with E-state index in [1.165, 1.54) is 24.4 Å². The van der Waals surface area contributed by atoms with Crippen LogP contribution in [0, 0.1) is 5.82 Å². The van der Waals surface area contributed by atoms with Gasteiger partial charge in [-0.25, -0.2) is 9.18 Å². The summed E-state index contributed by atoms with van der Waals surface area (Å²) in [4.78, 5) is 27.8. The Kier molecular flexibility index (Phi) is 4.67. The number of benzene rings is 2. The van der Waals surface area contributed by atoms with Gasteiger partial charge in [0.1, 0.15) is 11.3 Å². The molecule has 0 aliphatic carbocycles. The largest absolute Gasteiger partial charge is 0.505 e. The lowest BCUT2D eigenvalue weighted by Crippen LogP contribution is -2.05. The smallest absolute Gasteiger partial charge is 0.336 e. The molecule has 0 unspecified atom stereocenters. The third kappa shape index (κ3) is 3.26. The van der Waals surface area contributed by atoms with Crippen LogP contribution < -0.4 is 0 Å². The van der Waals surface area contributed by atoms with Crippen molar-refractivity contribution in [1.29, 1.82) is 0 Å². The van der Waals surface area contributed by atoms with Crippen molar-refractivity contribution in [3.05, 3.63) is 70.7 Å². The maximum absolute atomic E-state index is 13.0. The molecule has 5 nitrogen and oxygen atoms in total. The maximum Gasteiger partial charge on any atom is 0.336 e. The molecule has 1 aromatic heterocycles. The molecule has 0 spiro atoms. The van der Waals surface area contributed by atoms with Crippen molar-refractivity contribution in [2.75, 3.05) is 0 Å². The molecule has 0 radical (unpaired) electrons. The number of carboxylic acid groups (broad SMARTS) is 1. The number of rotatable bonds is 5. The second-order valence-corrected chi connectivity index (χ2v) is 5.95. The molecule has 0 atom stereocenters. The number of aromatic carboxylic acids is 1. The number of aromatic hydroxyl groups is 1. The van der Waals surface area contributed by atoms with E-state index < -0.39 is 5.97 Å². The third-order valence-corrected chi connectivity index (χ3v) is 4.18. The molecule has 0 saturated carbocycles. The Bertz CT molecular complexity index is 1010. The molecule has 0 saturated heterocycles. The third-order valence-electron chi connectivity index (χ3n) is 4.18. The van der Waals surface area contributed by atoms with Crippen LogP contribution in [0.2, 0.25) is 0 Å². The molecular formula is C20H16FNO4. The van der Waals surface area contributed by atoms with Gasteiger partial charge in [0, 0.05) is 18.0 Å². The number of carboxylic acids is 1. The number of phenols is 1. The minimum absolute atomic E-state index is 0.0452. The lowest BCUT2D eigenvalue weighted by atomic mass is 9.97. The molecule has 0 bridgehead atoms. The molecule has 0 amide bonds. The fourth-order valence-electron chi connectivity index (χ4n) is 2.83. The zero-order valence-corrected chi connectivity index (χ0v) is 14.0. The number of pyridine rings is 1. The number of fused-ring (bicyclic) bond motifs is 1. The summed E-state index contributed by atoms with van der Waals surface area (Å²) in [6.07, 6.45) is 2.08. The Hall–Kier alpha value is -3.28. The van der Waals surface area contributed by atoms with Crippen molar-refractivity contribution in [3.8, 4) is 5.75 Å². The Morgan fingerprint density at radius 2 is 1.77 bits per heavy atom. The molecule has 2 aromatic carbocycles. The van der Waals surface area contributed by atoms with E-state index in [1.807, 2.05) is 0 Å². The number of phenolic OH excluding ortho intramolecular Hbond substituents is 1. The number of hydrogen-bond acceptors (Lipinski definition) is 4. The van der Waals surface area contributed by atoms with Crippen LogP contribution in [0.3, 0.4) is 0 Å². The minimum atomic E-state index is -1.21. The van der Waals surface area contributed by atoms with Gasteiger partial charge in [0.25, 0.3) is 0 Å². The summed E-state index contributed by atoms with van der Waals surface area (Å²) in [5.74, 6) is -2.22. The highest BCUT2D eigenvalue weighted by Gasteiger charge is 2.20. The highest BCUT2D eigenvalue weighted by molar-refractivity contribution is 6.11. The average molecular weight is 353 g/mol. The van der Waals surface area contributed by atoms with Crippen molar-refractivity contribution in [1.82, 2.24) is 4.98 Å². The van der Waals surface area contributed by atoms with E-state index in [2.05, 4.69) is 4.98 Å². The fourth-order valence-corrected chi connectivity index (χ4v) is 2.83.